The minimum Gasteiger partial charge on any atom is -0.396 e. The molecular weight excluding hydrogens is 208 g/mol. The smallest absolute Gasteiger partial charge is 0.233 e. The van der Waals surface area contributed by atoms with E-state index in [-0.39, 0.29) is 17.9 Å². The van der Waals surface area contributed by atoms with Gasteiger partial charge in [0.1, 0.15) is 0 Å². The minimum atomic E-state index is 0.0142. The Morgan fingerprint density at radius 1 is 1.50 bits per heavy atom. The van der Waals surface area contributed by atoms with E-state index in [1.54, 1.807) is 7.11 Å². The van der Waals surface area contributed by atoms with E-state index in [4.69, 9.17) is 9.84 Å². The molecule has 0 heterocycles. The van der Waals surface area contributed by atoms with Crippen LogP contribution in [-0.4, -0.2) is 51.0 Å². The lowest BCUT2D eigenvalue weighted by molar-refractivity contribution is -0.120. The molecule has 0 saturated heterocycles. The molecule has 0 aromatic rings. The number of carbonyl (C=O) groups excluding carboxylic acids is 1. The van der Waals surface area contributed by atoms with E-state index in [1.807, 2.05) is 0 Å². The van der Waals surface area contributed by atoms with Crippen LogP contribution in [-0.2, 0) is 9.53 Å². The first-order chi connectivity index (χ1) is 7.72. The highest BCUT2D eigenvalue weighted by molar-refractivity contribution is 5.78. The summed E-state index contributed by atoms with van der Waals surface area (Å²) in [5.74, 6) is 0.0142. The number of amides is 1. The van der Waals surface area contributed by atoms with Crippen molar-refractivity contribution in [3.05, 3.63) is 0 Å². The molecule has 1 fully saturated rings. The average molecular weight is 230 g/mol. The molecular formula is C11H22N2O3. The van der Waals surface area contributed by atoms with Gasteiger partial charge >= 0.3 is 0 Å². The lowest BCUT2D eigenvalue weighted by atomic mass is 10.0. The van der Waals surface area contributed by atoms with E-state index in [0.717, 1.165) is 19.3 Å². The Labute approximate surface area is 96.6 Å². The van der Waals surface area contributed by atoms with Gasteiger partial charge in [-0.3, -0.25) is 4.79 Å². The lowest BCUT2D eigenvalue weighted by Gasteiger charge is -2.14. The number of rotatable bonds is 9. The van der Waals surface area contributed by atoms with Crippen LogP contribution in [0.15, 0.2) is 0 Å². The van der Waals surface area contributed by atoms with Crippen molar-refractivity contribution in [3.8, 4) is 0 Å². The van der Waals surface area contributed by atoms with Crippen LogP contribution in [0.3, 0.4) is 0 Å². The summed E-state index contributed by atoms with van der Waals surface area (Å²) in [5, 5.41) is 14.8. The Hall–Kier alpha value is -0.650. The first-order valence-electron chi connectivity index (χ1n) is 5.80. The van der Waals surface area contributed by atoms with E-state index in [9.17, 15) is 4.79 Å². The van der Waals surface area contributed by atoms with Gasteiger partial charge in [0.2, 0.25) is 5.91 Å². The topological polar surface area (TPSA) is 70.6 Å². The second-order valence-corrected chi connectivity index (χ2v) is 4.42. The predicted molar refractivity (Wildman–Crippen MR) is 61.1 cm³/mol. The third-order valence-corrected chi connectivity index (χ3v) is 3.03. The molecule has 0 aliphatic heterocycles. The summed E-state index contributed by atoms with van der Waals surface area (Å²) in [6.07, 6.45) is 3.03. The molecule has 1 rings (SSSR count). The van der Waals surface area contributed by atoms with Gasteiger partial charge in [0.25, 0.3) is 0 Å². The molecule has 1 aliphatic rings. The zero-order valence-corrected chi connectivity index (χ0v) is 9.92. The van der Waals surface area contributed by atoms with Crippen LogP contribution in [0.5, 0.6) is 0 Å². The van der Waals surface area contributed by atoms with Gasteiger partial charge in [0, 0.05) is 26.8 Å². The molecule has 16 heavy (non-hydrogen) atoms. The van der Waals surface area contributed by atoms with Crippen molar-refractivity contribution < 1.29 is 14.6 Å². The fourth-order valence-electron chi connectivity index (χ4n) is 1.65. The maximum absolute atomic E-state index is 11.4. The number of aliphatic hydroxyl groups is 1. The Morgan fingerprint density at radius 3 is 2.81 bits per heavy atom. The molecule has 1 aliphatic carbocycles. The zero-order chi connectivity index (χ0) is 11.9. The fourth-order valence-corrected chi connectivity index (χ4v) is 1.65. The summed E-state index contributed by atoms with van der Waals surface area (Å²) >= 11 is 0. The molecule has 3 N–H and O–H groups in total. The van der Waals surface area contributed by atoms with E-state index in [0.29, 0.717) is 26.2 Å². The summed E-state index contributed by atoms with van der Waals surface area (Å²) in [4.78, 5) is 11.4. The molecule has 0 unspecified atom stereocenters. The summed E-state index contributed by atoms with van der Waals surface area (Å²) in [6.45, 7) is 2.53. The number of aliphatic hydroxyl groups excluding tert-OH is 1. The number of methoxy groups -OCH3 is 1. The van der Waals surface area contributed by atoms with Crippen LogP contribution in [0.4, 0.5) is 0 Å². The van der Waals surface area contributed by atoms with Crippen molar-refractivity contribution in [3.63, 3.8) is 0 Å². The van der Waals surface area contributed by atoms with E-state index in [1.165, 1.54) is 0 Å². The summed E-state index contributed by atoms with van der Waals surface area (Å²) in [7, 11) is 1.63. The van der Waals surface area contributed by atoms with E-state index in [2.05, 4.69) is 10.6 Å². The lowest BCUT2D eigenvalue weighted by Crippen LogP contribution is -2.38. The van der Waals surface area contributed by atoms with Crippen LogP contribution in [0.1, 0.15) is 19.3 Å². The second kappa shape index (κ2) is 6.83. The molecule has 0 bridgehead atoms. The van der Waals surface area contributed by atoms with Crippen LogP contribution >= 0.6 is 0 Å². The van der Waals surface area contributed by atoms with Gasteiger partial charge in [0.15, 0.2) is 0 Å². The van der Waals surface area contributed by atoms with Crippen molar-refractivity contribution in [1.82, 2.24) is 10.6 Å². The standard InChI is InChI=1S/C11H22N2O3/c1-16-7-5-12-8-10(15)13-9-11(2-3-11)4-6-14/h12,14H,2-9H2,1H3,(H,13,15). The van der Waals surface area contributed by atoms with Gasteiger partial charge < -0.3 is 20.5 Å². The average Bonchev–Trinajstić information content (AvgIpc) is 3.03. The maximum atomic E-state index is 11.4. The number of hydrogen-bond acceptors (Lipinski definition) is 4. The van der Waals surface area contributed by atoms with Gasteiger partial charge in [-0.2, -0.15) is 0 Å². The molecule has 0 spiro atoms. The third-order valence-electron chi connectivity index (χ3n) is 3.03. The maximum Gasteiger partial charge on any atom is 0.233 e. The predicted octanol–water partition coefficient (Wildman–Crippen LogP) is -0.499. The van der Waals surface area contributed by atoms with Crippen molar-refractivity contribution >= 4 is 5.91 Å². The molecule has 0 aromatic heterocycles. The molecule has 5 nitrogen and oxygen atoms in total. The minimum absolute atomic E-state index is 0.0142. The van der Waals surface area contributed by atoms with Crippen molar-refractivity contribution in [2.75, 3.05) is 40.0 Å². The summed E-state index contributed by atoms with van der Waals surface area (Å²) < 4.78 is 4.86. The normalized spacial score (nSPS) is 17.1. The number of hydrogen-bond donors (Lipinski definition) is 3. The largest absolute Gasteiger partial charge is 0.396 e. The van der Waals surface area contributed by atoms with Gasteiger partial charge in [-0.25, -0.2) is 0 Å². The summed E-state index contributed by atoms with van der Waals surface area (Å²) in [6, 6.07) is 0. The highest BCUT2D eigenvalue weighted by Crippen LogP contribution is 2.47. The van der Waals surface area contributed by atoms with Crippen molar-refractivity contribution in [1.29, 1.82) is 0 Å². The van der Waals surface area contributed by atoms with E-state index < -0.39 is 0 Å². The Kier molecular flexibility index (Phi) is 5.73. The Bertz CT molecular complexity index is 217. The van der Waals surface area contributed by atoms with Gasteiger partial charge in [-0.1, -0.05) is 0 Å². The zero-order valence-electron chi connectivity index (χ0n) is 9.92. The molecule has 1 amide bonds. The van der Waals surface area contributed by atoms with Crippen molar-refractivity contribution in [2.45, 2.75) is 19.3 Å². The molecule has 0 atom stereocenters. The quantitative estimate of drug-likeness (QED) is 0.467. The van der Waals surface area contributed by atoms with Crippen LogP contribution < -0.4 is 10.6 Å². The highest BCUT2D eigenvalue weighted by atomic mass is 16.5. The number of ether oxygens (including phenoxy) is 1. The van der Waals surface area contributed by atoms with Crippen molar-refractivity contribution in [2.24, 2.45) is 5.41 Å². The summed E-state index contributed by atoms with van der Waals surface area (Å²) in [5.41, 5.74) is 0.191. The number of nitrogens with one attached hydrogen (secondary N) is 2. The molecule has 5 heteroatoms. The SMILES string of the molecule is COCCNCC(=O)NCC1(CCO)CC1. The molecule has 1 saturated carbocycles. The van der Waals surface area contributed by atoms with Crippen LogP contribution in [0.2, 0.25) is 0 Å². The van der Waals surface area contributed by atoms with E-state index >= 15 is 0 Å². The molecule has 0 aromatic carbocycles. The second-order valence-electron chi connectivity index (χ2n) is 4.42. The highest BCUT2D eigenvalue weighted by Gasteiger charge is 2.41. The van der Waals surface area contributed by atoms with Crippen LogP contribution in [0.25, 0.3) is 0 Å². The van der Waals surface area contributed by atoms with Crippen LogP contribution in [0, 0.1) is 5.41 Å². The van der Waals surface area contributed by atoms with Gasteiger partial charge in [0.05, 0.1) is 13.2 Å². The fraction of sp³-hybridized carbons (Fsp3) is 0.909. The first kappa shape index (κ1) is 13.4. The Morgan fingerprint density at radius 2 is 2.25 bits per heavy atom. The Balaban J connectivity index is 2.02. The van der Waals surface area contributed by atoms with Gasteiger partial charge in [-0.05, 0) is 24.7 Å². The molecule has 0 radical (unpaired) electrons. The third kappa shape index (κ3) is 4.92. The monoisotopic (exact) mass is 230 g/mol. The van der Waals surface area contributed by atoms with Gasteiger partial charge in [-0.15, -0.1) is 0 Å². The first-order valence-corrected chi connectivity index (χ1v) is 5.80. The molecule has 94 valence electrons. The number of carbonyl (C=O) groups is 1.